The average Bonchev–Trinajstić information content (AvgIpc) is 3.36. The summed E-state index contributed by atoms with van der Waals surface area (Å²) in [7, 11) is 2.04. The third-order valence-electron chi connectivity index (χ3n) is 8.00. The predicted octanol–water partition coefficient (Wildman–Crippen LogP) is 6.78. The molecule has 6 rings (SSSR count). The van der Waals surface area contributed by atoms with Crippen LogP contribution in [-0.2, 0) is 37.6 Å². The quantitative estimate of drug-likeness (QED) is 0.133. The van der Waals surface area contributed by atoms with Gasteiger partial charge < -0.3 is 15.2 Å². The smallest absolute Gasteiger partial charge is 0.227 e. The van der Waals surface area contributed by atoms with Gasteiger partial charge in [-0.25, -0.2) is 4.98 Å². The fourth-order valence-corrected chi connectivity index (χ4v) is 5.58. The molecule has 0 saturated carbocycles. The fourth-order valence-electron chi connectivity index (χ4n) is 5.58. The molecule has 1 amide bonds. The zero-order chi connectivity index (χ0) is 29.8. The van der Waals surface area contributed by atoms with Gasteiger partial charge >= 0.3 is 0 Å². The number of imidazole rings is 1. The number of hydrogen-bond donors (Lipinski definition) is 2. The molecule has 0 radical (unpaired) electrons. The van der Waals surface area contributed by atoms with Crippen molar-refractivity contribution in [3.63, 3.8) is 0 Å². The van der Waals surface area contributed by atoms with Crippen molar-refractivity contribution >= 4 is 51.6 Å². The normalized spacial score (nSPS) is 10.9. The first-order valence-electron chi connectivity index (χ1n) is 14.5. The predicted molar refractivity (Wildman–Crippen MR) is 181 cm³/mol. The van der Waals surface area contributed by atoms with E-state index in [-0.39, 0.29) is 24.1 Å². The number of rotatable bonds is 10. The van der Waals surface area contributed by atoms with Crippen LogP contribution < -0.4 is 10.6 Å². The number of fused-ring (bicyclic) bond motifs is 2. The van der Waals surface area contributed by atoms with Crippen LogP contribution in [0.1, 0.15) is 34.6 Å². The van der Waals surface area contributed by atoms with E-state index in [0.717, 1.165) is 68.5 Å². The molecule has 0 saturated heterocycles. The number of nitrogens with two attached hydrogens (primary N) is 1. The van der Waals surface area contributed by atoms with Crippen LogP contribution in [0.5, 0.6) is 0 Å². The number of aromatic nitrogens is 3. The largest absolute Gasteiger partial charge is 0.384 e. The number of amides is 1. The number of carbonyl (C=O) groups excluding carboxylic acids is 1. The summed E-state index contributed by atoms with van der Waals surface area (Å²) in [6.45, 7) is 0.462. The van der Waals surface area contributed by atoms with E-state index < -0.39 is 0 Å². The molecule has 3 N–H and O–H groups in total. The molecule has 0 unspecified atom stereocenters. The number of hydrogen-bond acceptors (Lipinski definition) is 4. The van der Waals surface area contributed by atoms with Crippen LogP contribution in [0.2, 0.25) is 0 Å². The maximum absolute atomic E-state index is 13.8. The maximum atomic E-state index is 13.8. The van der Waals surface area contributed by atoms with E-state index >= 15 is 0 Å². The van der Waals surface area contributed by atoms with Gasteiger partial charge in [-0.3, -0.25) is 15.2 Å². The Balaban J connectivity index is 0.00000384. The molecule has 0 aliphatic carbocycles. The molecule has 4 aromatic carbocycles. The molecule has 2 heterocycles. The van der Waals surface area contributed by atoms with Crippen LogP contribution in [0, 0.1) is 5.41 Å². The van der Waals surface area contributed by atoms with Crippen molar-refractivity contribution in [2.45, 2.75) is 32.2 Å². The second-order valence-corrected chi connectivity index (χ2v) is 10.8. The molecular formula is C36H35ClN6O. The summed E-state index contributed by atoms with van der Waals surface area (Å²) in [5.74, 6) is 1.09. The Kier molecular flexibility index (Phi) is 9.36. The van der Waals surface area contributed by atoms with E-state index in [1.54, 1.807) is 6.20 Å². The van der Waals surface area contributed by atoms with Gasteiger partial charge in [0, 0.05) is 43.0 Å². The van der Waals surface area contributed by atoms with E-state index in [9.17, 15) is 4.79 Å². The van der Waals surface area contributed by atoms with Crippen molar-refractivity contribution in [2.75, 3.05) is 4.90 Å². The second kappa shape index (κ2) is 13.5. The number of aryl methyl sites for hydroxylation is 4. The summed E-state index contributed by atoms with van der Waals surface area (Å²) in [5.41, 5.74) is 12.2. The first-order chi connectivity index (χ1) is 21.0. The van der Waals surface area contributed by atoms with Crippen molar-refractivity contribution < 1.29 is 4.79 Å². The minimum atomic E-state index is 0. The maximum Gasteiger partial charge on any atom is 0.227 e. The highest BCUT2D eigenvalue weighted by Crippen LogP contribution is 2.28. The molecule has 2 aromatic heterocycles. The lowest BCUT2D eigenvalue weighted by molar-refractivity contribution is -0.118. The molecule has 8 heteroatoms. The second-order valence-electron chi connectivity index (χ2n) is 10.8. The minimum absolute atomic E-state index is 0. The monoisotopic (exact) mass is 602 g/mol. The Morgan fingerprint density at radius 2 is 1.66 bits per heavy atom. The third kappa shape index (κ3) is 6.63. The SMILES string of the molecule is Cl.Cn1c(CCc2ccc(C(=N)N)cc2)nc2cc(N(Cc3cccc4ccccc34)C(=O)CCc3ccccn3)ccc21. The Morgan fingerprint density at radius 3 is 2.43 bits per heavy atom. The van der Waals surface area contributed by atoms with E-state index in [1.165, 1.54) is 0 Å². The van der Waals surface area contributed by atoms with Gasteiger partial charge in [0.2, 0.25) is 5.91 Å². The van der Waals surface area contributed by atoms with E-state index in [2.05, 4.69) is 45.9 Å². The number of halogens is 1. The van der Waals surface area contributed by atoms with Crippen LogP contribution in [0.3, 0.4) is 0 Å². The molecule has 222 valence electrons. The van der Waals surface area contributed by atoms with Gasteiger partial charge in [0.05, 0.1) is 17.6 Å². The standard InChI is InChI=1S/C36H34N6O.ClH/c1-41-33-19-18-30(23-32(33)40-34(41)20-14-25-12-15-27(16-13-25)36(37)38)42(35(43)21-17-29-10-4-5-22-39-29)24-28-9-6-8-26-7-2-3-11-31(26)28;/h2-13,15-16,18-19,22-23H,14,17,20-21,24H2,1H3,(H3,37,38);1H. The number of nitrogens with one attached hydrogen (secondary N) is 1. The van der Waals surface area contributed by atoms with E-state index in [4.69, 9.17) is 16.1 Å². The van der Waals surface area contributed by atoms with E-state index in [1.807, 2.05) is 78.7 Å². The lowest BCUT2D eigenvalue weighted by atomic mass is 10.0. The Labute approximate surface area is 263 Å². The van der Waals surface area contributed by atoms with Crippen LogP contribution in [0.4, 0.5) is 5.69 Å². The van der Waals surface area contributed by atoms with Gasteiger partial charge in [-0.05, 0) is 65.1 Å². The fraction of sp³-hybridized carbons (Fsp3) is 0.167. The van der Waals surface area contributed by atoms with Crippen molar-refractivity contribution in [3.05, 3.63) is 138 Å². The molecule has 0 aliphatic rings. The number of carbonyl (C=O) groups is 1. The molecule has 7 nitrogen and oxygen atoms in total. The lowest BCUT2D eigenvalue weighted by Crippen LogP contribution is -2.30. The topological polar surface area (TPSA) is 101 Å². The summed E-state index contributed by atoms with van der Waals surface area (Å²) in [5, 5.41) is 9.90. The summed E-state index contributed by atoms with van der Waals surface area (Å²) in [6.07, 6.45) is 4.29. The molecule has 44 heavy (non-hydrogen) atoms. The number of anilines is 1. The van der Waals surface area contributed by atoms with Gasteiger partial charge in [0.1, 0.15) is 11.7 Å². The van der Waals surface area contributed by atoms with Crippen LogP contribution in [0.25, 0.3) is 21.8 Å². The summed E-state index contributed by atoms with van der Waals surface area (Å²) < 4.78 is 2.13. The van der Waals surface area contributed by atoms with Gasteiger partial charge in [-0.1, -0.05) is 72.8 Å². The lowest BCUT2D eigenvalue weighted by Gasteiger charge is -2.24. The van der Waals surface area contributed by atoms with Crippen LogP contribution in [0.15, 0.2) is 109 Å². The summed E-state index contributed by atoms with van der Waals surface area (Å²) in [4.78, 5) is 25.1. The van der Waals surface area contributed by atoms with Crippen molar-refractivity contribution in [1.82, 2.24) is 14.5 Å². The number of nitrogen functional groups attached to an aromatic ring is 1. The van der Waals surface area contributed by atoms with Crippen molar-refractivity contribution in [2.24, 2.45) is 12.8 Å². The van der Waals surface area contributed by atoms with Gasteiger partial charge in [0.25, 0.3) is 0 Å². The number of pyridine rings is 1. The zero-order valence-corrected chi connectivity index (χ0v) is 25.4. The first kappa shape index (κ1) is 30.4. The van der Waals surface area contributed by atoms with Gasteiger partial charge in [-0.2, -0.15) is 0 Å². The van der Waals surface area contributed by atoms with Crippen molar-refractivity contribution in [1.29, 1.82) is 5.41 Å². The van der Waals surface area contributed by atoms with Crippen molar-refractivity contribution in [3.8, 4) is 0 Å². The Morgan fingerprint density at radius 1 is 0.886 bits per heavy atom. The molecule has 6 aromatic rings. The van der Waals surface area contributed by atoms with Crippen LogP contribution in [-0.4, -0.2) is 26.3 Å². The molecule has 0 aliphatic heterocycles. The number of nitrogens with zero attached hydrogens (tertiary/aromatic N) is 4. The summed E-state index contributed by atoms with van der Waals surface area (Å²) >= 11 is 0. The van der Waals surface area contributed by atoms with Gasteiger partial charge in [0.15, 0.2) is 0 Å². The highest BCUT2D eigenvalue weighted by Gasteiger charge is 2.19. The Hall–Kier alpha value is -5.01. The van der Waals surface area contributed by atoms with E-state index in [0.29, 0.717) is 19.4 Å². The highest BCUT2D eigenvalue weighted by atomic mass is 35.5. The minimum Gasteiger partial charge on any atom is -0.384 e. The molecule has 0 atom stereocenters. The first-order valence-corrected chi connectivity index (χ1v) is 14.5. The third-order valence-corrected chi connectivity index (χ3v) is 8.00. The average molecular weight is 603 g/mol. The molecule has 0 bridgehead atoms. The van der Waals surface area contributed by atoms with Gasteiger partial charge in [-0.15, -0.1) is 12.4 Å². The molecule has 0 fully saturated rings. The number of amidine groups is 1. The molecule has 0 spiro atoms. The van der Waals surface area contributed by atoms with Crippen LogP contribution >= 0.6 is 12.4 Å². The Bertz CT molecular complexity index is 1910. The summed E-state index contributed by atoms with van der Waals surface area (Å²) in [6, 6.07) is 34.3. The highest BCUT2D eigenvalue weighted by molar-refractivity contribution is 5.97. The number of benzene rings is 4. The molecular weight excluding hydrogens is 568 g/mol. The zero-order valence-electron chi connectivity index (χ0n) is 24.6.